The molecule has 0 radical (unpaired) electrons. The Hall–Kier alpha value is -0.0800. The maximum Gasteiger partial charge on any atom is 0.0601 e. The molecule has 0 aromatic carbocycles. The van der Waals surface area contributed by atoms with E-state index in [1.165, 1.54) is 0 Å². The first-order valence-corrected chi connectivity index (χ1v) is 4.37. The Labute approximate surface area is 68.6 Å². The lowest BCUT2D eigenvalue weighted by Gasteiger charge is -2.36. The van der Waals surface area contributed by atoms with E-state index in [1.807, 2.05) is 0 Å². The lowest BCUT2D eigenvalue weighted by molar-refractivity contribution is -0.0487. The largest absolute Gasteiger partial charge is 0.393 e. The van der Waals surface area contributed by atoms with Crippen molar-refractivity contribution >= 4 is 0 Å². The molecule has 0 amide bonds. The quantitative estimate of drug-likeness (QED) is 0.625. The topological polar surface area (TPSA) is 29.5 Å². The smallest absolute Gasteiger partial charge is 0.0601 e. The van der Waals surface area contributed by atoms with Crippen molar-refractivity contribution in [3.8, 4) is 0 Å². The molecule has 66 valence electrons. The fourth-order valence-electron chi connectivity index (χ4n) is 1.88. The Morgan fingerprint density at radius 1 is 1.18 bits per heavy atom. The number of rotatable bonds is 1. The molecule has 4 atom stereocenters. The zero-order valence-electron chi connectivity index (χ0n) is 7.58. The summed E-state index contributed by atoms with van der Waals surface area (Å²) in [5, 5.41) is 9.51. The van der Waals surface area contributed by atoms with Crippen LogP contribution < -0.4 is 0 Å². The highest BCUT2D eigenvalue weighted by atomic mass is 16.5. The molecule has 0 saturated heterocycles. The summed E-state index contributed by atoms with van der Waals surface area (Å²) >= 11 is 0. The highest BCUT2D eigenvalue weighted by Crippen LogP contribution is 2.31. The third-order valence-corrected chi connectivity index (χ3v) is 3.07. The minimum atomic E-state index is -0.114. The van der Waals surface area contributed by atoms with Crippen LogP contribution in [0.4, 0.5) is 0 Å². The fraction of sp³-hybridized carbons (Fsp3) is 1.00. The van der Waals surface area contributed by atoms with Crippen molar-refractivity contribution in [1.82, 2.24) is 0 Å². The number of hydrogen-bond donors (Lipinski definition) is 1. The molecule has 11 heavy (non-hydrogen) atoms. The van der Waals surface area contributed by atoms with E-state index in [9.17, 15) is 5.11 Å². The summed E-state index contributed by atoms with van der Waals surface area (Å²) in [5.74, 6) is 0.873. The molecular formula is C9H18O2. The lowest BCUT2D eigenvalue weighted by Crippen LogP contribution is -2.38. The van der Waals surface area contributed by atoms with Gasteiger partial charge in [-0.05, 0) is 24.7 Å². The number of methoxy groups -OCH3 is 1. The Kier molecular flexibility index (Phi) is 2.90. The molecule has 1 fully saturated rings. The molecule has 0 aromatic rings. The summed E-state index contributed by atoms with van der Waals surface area (Å²) in [6.07, 6.45) is 2.14. The summed E-state index contributed by atoms with van der Waals surface area (Å²) in [5.41, 5.74) is 0. The van der Waals surface area contributed by atoms with Gasteiger partial charge in [0.05, 0.1) is 12.2 Å². The summed E-state index contributed by atoms with van der Waals surface area (Å²) in [7, 11) is 1.76. The van der Waals surface area contributed by atoms with Crippen molar-refractivity contribution in [2.24, 2.45) is 11.8 Å². The van der Waals surface area contributed by atoms with Gasteiger partial charge in [0.1, 0.15) is 0 Å². The molecular weight excluding hydrogens is 140 g/mol. The average Bonchev–Trinajstić information content (AvgIpc) is 2.01. The van der Waals surface area contributed by atoms with Gasteiger partial charge in [-0.15, -0.1) is 0 Å². The van der Waals surface area contributed by atoms with Gasteiger partial charge in [0.15, 0.2) is 0 Å². The van der Waals surface area contributed by atoms with Crippen LogP contribution in [0.2, 0.25) is 0 Å². The van der Waals surface area contributed by atoms with Gasteiger partial charge < -0.3 is 9.84 Å². The van der Waals surface area contributed by atoms with Gasteiger partial charge in [0.2, 0.25) is 0 Å². The SMILES string of the molecule is COC1CCC(O)C(C)C1C. The Morgan fingerprint density at radius 3 is 2.36 bits per heavy atom. The molecule has 0 heterocycles. The van der Waals surface area contributed by atoms with Crippen LogP contribution in [0.1, 0.15) is 26.7 Å². The van der Waals surface area contributed by atoms with Crippen molar-refractivity contribution in [1.29, 1.82) is 0 Å². The summed E-state index contributed by atoms with van der Waals surface area (Å²) < 4.78 is 5.31. The Bertz CT molecular complexity index is 123. The van der Waals surface area contributed by atoms with E-state index in [4.69, 9.17) is 4.74 Å². The summed E-state index contributed by atoms with van der Waals surface area (Å²) in [6.45, 7) is 4.25. The molecule has 4 unspecified atom stereocenters. The van der Waals surface area contributed by atoms with Gasteiger partial charge in [0, 0.05) is 7.11 Å². The second-order valence-electron chi connectivity index (χ2n) is 3.64. The van der Waals surface area contributed by atoms with E-state index in [2.05, 4.69) is 13.8 Å². The standard InChI is InChI=1S/C9H18O2/c1-6-7(2)9(11-3)5-4-8(6)10/h6-10H,4-5H2,1-3H3. The molecule has 1 aliphatic carbocycles. The molecule has 2 nitrogen and oxygen atoms in total. The van der Waals surface area contributed by atoms with Crippen LogP contribution in [0.15, 0.2) is 0 Å². The molecule has 0 spiro atoms. The van der Waals surface area contributed by atoms with Crippen molar-refractivity contribution in [2.75, 3.05) is 7.11 Å². The summed E-state index contributed by atoms with van der Waals surface area (Å²) in [4.78, 5) is 0. The first-order chi connectivity index (χ1) is 5.16. The minimum absolute atomic E-state index is 0.114. The molecule has 0 aromatic heterocycles. The summed E-state index contributed by atoms with van der Waals surface area (Å²) in [6, 6.07) is 0. The Balaban J connectivity index is 2.52. The maximum absolute atomic E-state index is 9.51. The van der Waals surface area contributed by atoms with Crippen LogP contribution in [-0.4, -0.2) is 24.4 Å². The number of aliphatic hydroxyl groups is 1. The lowest BCUT2D eigenvalue weighted by atomic mass is 9.77. The van der Waals surface area contributed by atoms with Crippen LogP contribution >= 0.6 is 0 Å². The third-order valence-electron chi connectivity index (χ3n) is 3.07. The van der Waals surface area contributed by atoms with E-state index in [-0.39, 0.29) is 6.10 Å². The van der Waals surface area contributed by atoms with E-state index in [0.717, 1.165) is 12.8 Å². The number of aliphatic hydroxyl groups excluding tert-OH is 1. The first kappa shape index (κ1) is 9.01. The zero-order chi connectivity index (χ0) is 8.43. The predicted octanol–water partition coefficient (Wildman–Crippen LogP) is 1.43. The van der Waals surface area contributed by atoms with Gasteiger partial charge in [-0.3, -0.25) is 0 Å². The highest BCUT2D eigenvalue weighted by Gasteiger charge is 2.32. The third kappa shape index (κ3) is 1.74. The molecule has 1 rings (SSSR count). The highest BCUT2D eigenvalue weighted by molar-refractivity contribution is 4.82. The molecule has 0 bridgehead atoms. The van der Waals surface area contributed by atoms with Crippen LogP contribution in [0, 0.1) is 11.8 Å². The molecule has 0 aliphatic heterocycles. The van der Waals surface area contributed by atoms with Crippen LogP contribution in [-0.2, 0) is 4.74 Å². The van der Waals surface area contributed by atoms with Gasteiger partial charge in [-0.2, -0.15) is 0 Å². The first-order valence-electron chi connectivity index (χ1n) is 4.37. The number of hydrogen-bond acceptors (Lipinski definition) is 2. The maximum atomic E-state index is 9.51. The molecule has 1 N–H and O–H groups in total. The molecule has 2 heteroatoms. The van der Waals surface area contributed by atoms with E-state index < -0.39 is 0 Å². The normalized spacial score (nSPS) is 45.8. The van der Waals surface area contributed by atoms with Crippen LogP contribution in [0.3, 0.4) is 0 Å². The Morgan fingerprint density at radius 2 is 1.82 bits per heavy atom. The second kappa shape index (κ2) is 3.55. The monoisotopic (exact) mass is 158 g/mol. The van der Waals surface area contributed by atoms with E-state index in [0.29, 0.717) is 17.9 Å². The molecule has 1 saturated carbocycles. The van der Waals surface area contributed by atoms with Crippen molar-refractivity contribution in [3.63, 3.8) is 0 Å². The van der Waals surface area contributed by atoms with Gasteiger partial charge in [-0.1, -0.05) is 13.8 Å². The van der Waals surface area contributed by atoms with Crippen LogP contribution in [0.25, 0.3) is 0 Å². The fourth-order valence-corrected chi connectivity index (χ4v) is 1.88. The number of ether oxygens (including phenoxy) is 1. The van der Waals surface area contributed by atoms with E-state index >= 15 is 0 Å². The zero-order valence-corrected chi connectivity index (χ0v) is 7.58. The van der Waals surface area contributed by atoms with Gasteiger partial charge in [-0.25, -0.2) is 0 Å². The van der Waals surface area contributed by atoms with Crippen LogP contribution in [0.5, 0.6) is 0 Å². The van der Waals surface area contributed by atoms with E-state index in [1.54, 1.807) is 7.11 Å². The van der Waals surface area contributed by atoms with Crippen molar-refractivity contribution in [3.05, 3.63) is 0 Å². The van der Waals surface area contributed by atoms with Gasteiger partial charge in [0.25, 0.3) is 0 Å². The second-order valence-corrected chi connectivity index (χ2v) is 3.64. The van der Waals surface area contributed by atoms with Crippen molar-refractivity contribution in [2.45, 2.75) is 38.9 Å². The minimum Gasteiger partial charge on any atom is -0.393 e. The van der Waals surface area contributed by atoms with Crippen molar-refractivity contribution < 1.29 is 9.84 Å². The van der Waals surface area contributed by atoms with Gasteiger partial charge >= 0.3 is 0 Å². The molecule has 1 aliphatic rings. The predicted molar refractivity (Wildman–Crippen MR) is 44.4 cm³/mol. The average molecular weight is 158 g/mol.